The molecule has 0 atom stereocenters. The minimum atomic E-state index is 0.684. The molecule has 1 heteroatoms. The van der Waals surface area contributed by atoms with Crippen molar-refractivity contribution in [3.05, 3.63) is 25.4 Å². The highest BCUT2D eigenvalue weighted by atomic mass is 14.8. The lowest BCUT2D eigenvalue weighted by molar-refractivity contribution is 0.971. The van der Waals surface area contributed by atoms with Gasteiger partial charge >= 0.3 is 0 Å². The van der Waals surface area contributed by atoms with Gasteiger partial charge in [-0.25, -0.2) is 0 Å². The van der Waals surface area contributed by atoms with Gasteiger partial charge in [0.2, 0.25) is 0 Å². The van der Waals surface area contributed by atoms with Crippen LogP contribution < -0.4 is 5.32 Å². The van der Waals surface area contributed by atoms with Crippen LogP contribution in [0.25, 0.3) is 0 Å². The van der Waals surface area contributed by atoms with Crippen LogP contribution in [0, 0.1) is 0 Å². The van der Waals surface area contributed by atoms with Gasteiger partial charge in [0.25, 0.3) is 0 Å². The van der Waals surface area contributed by atoms with Crippen molar-refractivity contribution in [3.63, 3.8) is 0 Å². The monoisotopic (exact) mass is 82.1 g/mol. The fraction of sp³-hybridized carbons (Fsp3) is 0.200. The number of nitrogens with zero attached hydrogens (tertiary/aromatic N) is 1. The summed E-state index contributed by atoms with van der Waals surface area (Å²) in [5.41, 5.74) is 0. The van der Waals surface area contributed by atoms with Crippen LogP contribution in [0.5, 0.6) is 0 Å². The summed E-state index contributed by atoms with van der Waals surface area (Å²) in [7, 11) is 0. The average molecular weight is 82.1 g/mol. The molecular formula is C5H8N. The normalized spacial score (nSPS) is 6.67. The molecule has 0 fully saturated rings. The SMILES string of the molecule is C=CC[N]C=C. The zero-order valence-corrected chi connectivity index (χ0v) is 3.72. The zero-order chi connectivity index (χ0) is 4.83. The molecule has 0 saturated carbocycles. The van der Waals surface area contributed by atoms with Gasteiger partial charge in [-0.3, -0.25) is 5.32 Å². The molecular weight excluding hydrogens is 74.1 g/mol. The first-order valence-electron chi connectivity index (χ1n) is 1.80. The molecule has 6 heavy (non-hydrogen) atoms. The Hall–Kier alpha value is -0.720. The van der Waals surface area contributed by atoms with Crippen LogP contribution in [0.4, 0.5) is 0 Å². The molecule has 0 aromatic heterocycles. The number of hydrogen-bond acceptors (Lipinski definition) is 0. The third-order valence-corrected chi connectivity index (χ3v) is 0.364. The molecule has 0 aromatic carbocycles. The first-order valence-corrected chi connectivity index (χ1v) is 1.80. The van der Waals surface area contributed by atoms with Crippen LogP contribution in [0.1, 0.15) is 0 Å². The predicted octanol–water partition coefficient (Wildman–Crippen LogP) is 0.920. The molecule has 1 nitrogen and oxygen atoms in total. The van der Waals surface area contributed by atoms with Gasteiger partial charge in [-0.1, -0.05) is 12.7 Å². The molecule has 1 radical (unpaired) electrons. The van der Waals surface area contributed by atoms with E-state index in [1.54, 1.807) is 6.08 Å². The van der Waals surface area contributed by atoms with Gasteiger partial charge in [-0.15, -0.1) is 6.58 Å². The largest absolute Gasteiger partial charge is 0.290 e. The van der Waals surface area contributed by atoms with E-state index in [1.165, 1.54) is 6.20 Å². The maximum absolute atomic E-state index is 3.74. The third kappa shape index (κ3) is 3.28. The van der Waals surface area contributed by atoms with Crippen molar-refractivity contribution in [2.24, 2.45) is 0 Å². The summed E-state index contributed by atoms with van der Waals surface area (Å²) >= 11 is 0. The van der Waals surface area contributed by atoms with Gasteiger partial charge in [0.1, 0.15) is 0 Å². The second-order valence-electron chi connectivity index (χ2n) is 0.836. The van der Waals surface area contributed by atoms with Crippen LogP contribution in [0.15, 0.2) is 25.4 Å². The van der Waals surface area contributed by atoms with E-state index >= 15 is 0 Å². The van der Waals surface area contributed by atoms with Crippen LogP contribution in [0.2, 0.25) is 0 Å². The minimum Gasteiger partial charge on any atom is -0.290 e. The minimum absolute atomic E-state index is 0.684. The fourth-order valence-electron chi connectivity index (χ4n) is 0.149. The standard InChI is InChI=1S/C5H8N/c1-3-5-6-4-2/h3-4H,1-2,5H2. The van der Waals surface area contributed by atoms with Gasteiger partial charge in [-0.05, 0) is 0 Å². The van der Waals surface area contributed by atoms with Gasteiger partial charge in [0.15, 0.2) is 0 Å². The van der Waals surface area contributed by atoms with E-state index in [2.05, 4.69) is 18.5 Å². The van der Waals surface area contributed by atoms with Crippen molar-refractivity contribution < 1.29 is 0 Å². The van der Waals surface area contributed by atoms with Crippen LogP contribution in [0.3, 0.4) is 0 Å². The Bertz CT molecular complexity index is 39.9. The van der Waals surface area contributed by atoms with Gasteiger partial charge < -0.3 is 0 Å². The Labute approximate surface area is 38.4 Å². The van der Waals surface area contributed by atoms with E-state index in [1.807, 2.05) is 0 Å². The van der Waals surface area contributed by atoms with E-state index in [-0.39, 0.29) is 0 Å². The van der Waals surface area contributed by atoms with Crippen molar-refractivity contribution in [3.8, 4) is 0 Å². The summed E-state index contributed by atoms with van der Waals surface area (Å²) in [6.07, 6.45) is 3.24. The predicted molar refractivity (Wildman–Crippen MR) is 27.4 cm³/mol. The van der Waals surface area contributed by atoms with E-state index in [0.717, 1.165) is 0 Å². The van der Waals surface area contributed by atoms with Gasteiger partial charge in [-0.2, -0.15) is 0 Å². The Balaban J connectivity index is 2.66. The van der Waals surface area contributed by atoms with Crippen LogP contribution in [-0.2, 0) is 0 Å². The Morgan fingerprint density at radius 2 is 2.17 bits per heavy atom. The third-order valence-electron chi connectivity index (χ3n) is 0.364. The second kappa shape index (κ2) is 4.28. The molecule has 0 heterocycles. The first-order chi connectivity index (χ1) is 2.91. The molecule has 0 unspecified atom stereocenters. The van der Waals surface area contributed by atoms with E-state index < -0.39 is 0 Å². The highest BCUT2D eigenvalue weighted by Gasteiger charge is 1.63. The summed E-state index contributed by atoms with van der Waals surface area (Å²) < 4.78 is 0. The fourth-order valence-corrected chi connectivity index (χ4v) is 0.149. The molecule has 0 aliphatic carbocycles. The van der Waals surface area contributed by atoms with Crippen molar-refractivity contribution in [1.82, 2.24) is 5.32 Å². The van der Waals surface area contributed by atoms with E-state index in [9.17, 15) is 0 Å². The Kier molecular flexibility index (Phi) is 3.77. The quantitative estimate of drug-likeness (QED) is 0.355. The topological polar surface area (TPSA) is 14.1 Å². The molecule has 0 N–H and O–H groups in total. The molecule has 0 aliphatic rings. The van der Waals surface area contributed by atoms with Crippen LogP contribution in [-0.4, -0.2) is 6.54 Å². The van der Waals surface area contributed by atoms with Crippen molar-refractivity contribution in [1.29, 1.82) is 0 Å². The zero-order valence-electron chi connectivity index (χ0n) is 3.72. The van der Waals surface area contributed by atoms with Crippen LogP contribution >= 0.6 is 0 Å². The molecule has 0 spiro atoms. The summed E-state index contributed by atoms with van der Waals surface area (Å²) in [5.74, 6) is 0. The smallest absolute Gasteiger partial charge is 0.0567 e. The number of rotatable bonds is 3. The summed E-state index contributed by atoms with van der Waals surface area (Å²) in [4.78, 5) is 0. The molecule has 33 valence electrons. The molecule has 0 amide bonds. The molecule has 0 aromatic rings. The van der Waals surface area contributed by atoms with Gasteiger partial charge in [0.05, 0.1) is 6.54 Å². The lowest BCUT2D eigenvalue weighted by Gasteiger charge is -1.80. The van der Waals surface area contributed by atoms with Gasteiger partial charge in [0, 0.05) is 6.20 Å². The summed E-state index contributed by atoms with van der Waals surface area (Å²) in [6.45, 7) is 7.52. The Morgan fingerprint density at radius 3 is 2.33 bits per heavy atom. The molecule has 0 saturated heterocycles. The lowest BCUT2D eigenvalue weighted by Crippen LogP contribution is -1.90. The maximum atomic E-state index is 3.74. The first kappa shape index (κ1) is 5.28. The molecule has 0 rings (SSSR count). The second-order valence-corrected chi connectivity index (χ2v) is 0.836. The lowest BCUT2D eigenvalue weighted by atomic mass is 10.6. The van der Waals surface area contributed by atoms with Crippen molar-refractivity contribution in [2.75, 3.05) is 6.54 Å². The molecule has 0 aliphatic heterocycles. The van der Waals surface area contributed by atoms with E-state index in [4.69, 9.17) is 0 Å². The summed E-state index contributed by atoms with van der Waals surface area (Å²) in [5, 5.41) is 3.74. The van der Waals surface area contributed by atoms with Crippen molar-refractivity contribution in [2.45, 2.75) is 0 Å². The van der Waals surface area contributed by atoms with E-state index in [0.29, 0.717) is 6.54 Å². The summed E-state index contributed by atoms with van der Waals surface area (Å²) in [6, 6.07) is 0. The Morgan fingerprint density at radius 1 is 1.50 bits per heavy atom. The van der Waals surface area contributed by atoms with Crippen molar-refractivity contribution >= 4 is 0 Å². The average Bonchev–Trinajstić information content (AvgIpc) is 1.61. The maximum Gasteiger partial charge on any atom is 0.0567 e. The molecule has 0 bridgehead atoms. The number of hydrogen-bond donors (Lipinski definition) is 0. The highest BCUT2D eigenvalue weighted by molar-refractivity contribution is 4.73. The highest BCUT2D eigenvalue weighted by Crippen LogP contribution is 1.59.